The number of hydrogen-bond acceptors (Lipinski definition) is 6. The predicted molar refractivity (Wildman–Crippen MR) is 70.1 cm³/mol. The van der Waals surface area contributed by atoms with E-state index in [0.29, 0.717) is 25.3 Å². The van der Waals surface area contributed by atoms with E-state index < -0.39 is 6.10 Å². The van der Waals surface area contributed by atoms with E-state index in [1.165, 1.54) is 6.20 Å². The van der Waals surface area contributed by atoms with Crippen molar-refractivity contribution in [3.05, 3.63) is 29.6 Å². The van der Waals surface area contributed by atoms with Crippen molar-refractivity contribution >= 4 is 5.91 Å². The molecule has 1 aromatic heterocycles. The topological polar surface area (TPSA) is 101 Å². The Bertz CT molecular complexity index is 396. The first-order valence-corrected chi connectivity index (χ1v) is 5.88. The first kappa shape index (κ1) is 15.5. The van der Waals surface area contributed by atoms with E-state index in [1.54, 1.807) is 19.2 Å². The number of aliphatic hydroxyl groups excluding tert-OH is 1. The molecule has 0 fully saturated rings. The number of aromatic nitrogens is 1. The molecule has 0 radical (unpaired) electrons. The molecule has 4 N–H and O–H groups in total. The van der Waals surface area contributed by atoms with Gasteiger partial charge in [0.25, 0.3) is 5.91 Å². The highest BCUT2D eigenvalue weighted by atomic mass is 16.5. The number of carbonyl (C=O) groups excluding carboxylic acids is 1. The summed E-state index contributed by atoms with van der Waals surface area (Å²) < 4.78 is 4.86. The van der Waals surface area contributed by atoms with Crippen LogP contribution in [0.15, 0.2) is 18.3 Å². The Morgan fingerprint density at radius 3 is 2.89 bits per heavy atom. The van der Waals surface area contributed by atoms with E-state index in [4.69, 9.17) is 10.6 Å². The van der Waals surface area contributed by atoms with Gasteiger partial charge in [0.05, 0.1) is 24.0 Å². The van der Waals surface area contributed by atoms with E-state index >= 15 is 0 Å². The number of nitrogens with zero attached hydrogens (tertiary/aromatic N) is 2. The van der Waals surface area contributed by atoms with Gasteiger partial charge >= 0.3 is 0 Å². The number of likely N-dealkylation sites (N-methyl/N-ethyl adjacent to an activating group) is 1. The minimum absolute atomic E-state index is 0.299. The number of nitrogens with two attached hydrogens (primary N) is 1. The molecule has 0 aliphatic heterocycles. The maximum atomic E-state index is 11.2. The third-order valence-electron chi connectivity index (χ3n) is 2.53. The molecule has 19 heavy (non-hydrogen) atoms. The summed E-state index contributed by atoms with van der Waals surface area (Å²) >= 11 is 0. The summed E-state index contributed by atoms with van der Waals surface area (Å²) in [6, 6.07) is 3.41. The molecule has 106 valence electrons. The fraction of sp³-hybridized carbons (Fsp3) is 0.500. The van der Waals surface area contributed by atoms with Crippen molar-refractivity contribution in [2.45, 2.75) is 12.6 Å². The van der Waals surface area contributed by atoms with E-state index in [0.717, 1.165) is 5.69 Å². The standard InChI is InChI=1S/C12H20N4O3/c1-16(7-11(17)8-19-2)6-10-4-3-9(5-14-10)12(18)15-13/h3-5,11,17H,6-8,13H2,1-2H3,(H,15,18). The zero-order valence-electron chi connectivity index (χ0n) is 11.2. The van der Waals surface area contributed by atoms with E-state index in [9.17, 15) is 9.90 Å². The van der Waals surface area contributed by atoms with Crippen molar-refractivity contribution in [2.75, 3.05) is 27.3 Å². The smallest absolute Gasteiger partial charge is 0.266 e. The van der Waals surface area contributed by atoms with Crippen molar-refractivity contribution in [2.24, 2.45) is 5.84 Å². The Balaban J connectivity index is 2.50. The molecule has 7 nitrogen and oxygen atoms in total. The molecule has 1 rings (SSSR count). The predicted octanol–water partition coefficient (Wildman–Crippen LogP) is -0.876. The van der Waals surface area contributed by atoms with Gasteiger partial charge in [-0.1, -0.05) is 0 Å². The lowest BCUT2D eigenvalue weighted by atomic mass is 10.2. The molecule has 1 aromatic rings. The molecular formula is C12H20N4O3. The van der Waals surface area contributed by atoms with Crippen LogP contribution in [-0.4, -0.2) is 54.3 Å². The van der Waals surface area contributed by atoms with Gasteiger partial charge in [0.15, 0.2) is 0 Å². The Morgan fingerprint density at radius 1 is 1.63 bits per heavy atom. The highest BCUT2D eigenvalue weighted by Crippen LogP contribution is 2.03. The molecule has 0 saturated heterocycles. The number of ether oxygens (including phenoxy) is 1. The monoisotopic (exact) mass is 268 g/mol. The minimum atomic E-state index is -0.530. The fourth-order valence-electron chi connectivity index (χ4n) is 1.68. The van der Waals surface area contributed by atoms with Crippen LogP contribution >= 0.6 is 0 Å². The summed E-state index contributed by atoms with van der Waals surface area (Å²) in [5.74, 6) is 4.66. The van der Waals surface area contributed by atoms with Crippen LogP contribution in [0.25, 0.3) is 0 Å². The highest BCUT2D eigenvalue weighted by Gasteiger charge is 2.09. The molecule has 1 unspecified atom stereocenters. The van der Waals surface area contributed by atoms with Crippen molar-refractivity contribution in [3.8, 4) is 0 Å². The Morgan fingerprint density at radius 2 is 2.37 bits per heavy atom. The average Bonchev–Trinajstić information content (AvgIpc) is 2.38. The summed E-state index contributed by atoms with van der Waals surface area (Å²) in [5, 5.41) is 9.59. The number of amides is 1. The molecule has 1 heterocycles. The highest BCUT2D eigenvalue weighted by molar-refractivity contribution is 5.93. The first-order valence-electron chi connectivity index (χ1n) is 5.88. The zero-order chi connectivity index (χ0) is 14.3. The van der Waals surface area contributed by atoms with Crippen molar-refractivity contribution in [1.82, 2.24) is 15.3 Å². The van der Waals surface area contributed by atoms with Crippen LogP contribution in [0, 0.1) is 0 Å². The summed E-state index contributed by atoms with van der Waals surface area (Å²) in [6.45, 7) is 1.36. The van der Waals surface area contributed by atoms with Crippen LogP contribution in [-0.2, 0) is 11.3 Å². The molecule has 0 aromatic carbocycles. The van der Waals surface area contributed by atoms with Crippen molar-refractivity contribution < 1.29 is 14.6 Å². The second kappa shape index (κ2) is 7.80. The molecule has 0 spiro atoms. The lowest BCUT2D eigenvalue weighted by Gasteiger charge is -2.19. The van der Waals surface area contributed by atoms with Gasteiger partial charge in [-0.05, 0) is 19.2 Å². The van der Waals surface area contributed by atoms with Crippen LogP contribution in [0.3, 0.4) is 0 Å². The molecule has 1 atom stereocenters. The molecule has 1 amide bonds. The Kier molecular flexibility index (Phi) is 6.37. The summed E-state index contributed by atoms with van der Waals surface area (Å²) in [7, 11) is 3.42. The average molecular weight is 268 g/mol. The van der Waals surface area contributed by atoms with E-state index in [-0.39, 0.29) is 5.91 Å². The molecule has 0 saturated carbocycles. The summed E-state index contributed by atoms with van der Waals surface area (Å²) in [6.07, 6.45) is 0.939. The lowest BCUT2D eigenvalue weighted by molar-refractivity contribution is 0.0416. The summed E-state index contributed by atoms with van der Waals surface area (Å²) in [4.78, 5) is 17.3. The normalized spacial score (nSPS) is 12.5. The third kappa shape index (κ3) is 5.31. The van der Waals surface area contributed by atoms with Crippen LogP contribution in [0.4, 0.5) is 0 Å². The Hall–Kier alpha value is -1.54. The number of methoxy groups -OCH3 is 1. The molecule has 0 aliphatic carbocycles. The number of carbonyl (C=O) groups is 1. The lowest BCUT2D eigenvalue weighted by Crippen LogP contribution is -2.32. The maximum absolute atomic E-state index is 11.2. The van der Waals surface area contributed by atoms with Crippen molar-refractivity contribution in [1.29, 1.82) is 0 Å². The first-order chi connectivity index (χ1) is 9.06. The minimum Gasteiger partial charge on any atom is -0.389 e. The van der Waals surface area contributed by atoms with Gasteiger partial charge < -0.3 is 9.84 Å². The second-order valence-electron chi connectivity index (χ2n) is 4.32. The van der Waals surface area contributed by atoms with Crippen LogP contribution in [0.2, 0.25) is 0 Å². The molecule has 7 heteroatoms. The molecular weight excluding hydrogens is 248 g/mol. The van der Waals surface area contributed by atoms with Gasteiger partial charge in [0, 0.05) is 26.4 Å². The number of nitrogen functional groups attached to an aromatic ring is 1. The van der Waals surface area contributed by atoms with Gasteiger partial charge in [0.2, 0.25) is 0 Å². The number of pyridine rings is 1. The summed E-state index contributed by atoms with van der Waals surface area (Å²) in [5.41, 5.74) is 3.26. The van der Waals surface area contributed by atoms with Crippen molar-refractivity contribution in [3.63, 3.8) is 0 Å². The third-order valence-corrected chi connectivity index (χ3v) is 2.53. The molecule has 0 aliphatic rings. The number of hydrazine groups is 1. The maximum Gasteiger partial charge on any atom is 0.266 e. The molecule has 0 bridgehead atoms. The van der Waals surface area contributed by atoms with Gasteiger partial charge in [-0.3, -0.25) is 20.1 Å². The van der Waals surface area contributed by atoms with E-state index in [2.05, 4.69) is 4.98 Å². The van der Waals surface area contributed by atoms with Gasteiger partial charge in [-0.15, -0.1) is 0 Å². The quantitative estimate of drug-likeness (QED) is 0.337. The van der Waals surface area contributed by atoms with E-state index in [1.807, 2.05) is 17.4 Å². The van der Waals surface area contributed by atoms with Gasteiger partial charge in [0.1, 0.15) is 0 Å². The van der Waals surface area contributed by atoms with Crippen LogP contribution in [0.1, 0.15) is 16.1 Å². The second-order valence-corrected chi connectivity index (χ2v) is 4.32. The number of aliphatic hydroxyl groups is 1. The number of rotatable bonds is 7. The zero-order valence-corrected chi connectivity index (χ0v) is 11.2. The SMILES string of the molecule is COCC(O)CN(C)Cc1ccc(C(=O)NN)cn1. The van der Waals surface area contributed by atoms with Crippen LogP contribution in [0.5, 0.6) is 0 Å². The number of nitrogens with one attached hydrogen (secondary N) is 1. The fourth-order valence-corrected chi connectivity index (χ4v) is 1.68. The van der Waals surface area contributed by atoms with Crippen LogP contribution < -0.4 is 11.3 Å². The number of hydrogen-bond donors (Lipinski definition) is 3. The Labute approximate surface area is 112 Å². The van der Waals surface area contributed by atoms with Gasteiger partial charge in [-0.25, -0.2) is 5.84 Å². The van der Waals surface area contributed by atoms with Gasteiger partial charge in [-0.2, -0.15) is 0 Å². The largest absolute Gasteiger partial charge is 0.389 e.